The maximum atomic E-state index is 4.82. The van der Waals surface area contributed by atoms with Crippen molar-refractivity contribution in [2.45, 2.75) is 25.8 Å². The number of fused-ring (bicyclic) bond motifs is 1. The molecule has 1 saturated heterocycles. The summed E-state index contributed by atoms with van der Waals surface area (Å²) in [5, 5.41) is 6.98. The molecule has 3 aromatic rings. The smallest absolute Gasteiger partial charge is 0.137 e. The summed E-state index contributed by atoms with van der Waals surface area (Å²) in [6.45, 7) is 4.45. The van der Waals surface area contributed by atoms with Crippen molar-refractivity contribution in [1.82, 2.24) is 19.7 Å². The molecule has 1 aliphatic carbocycles. The molecule has 5 heteroatoms. The fraction of sp³-hybridized carbons (Fsp3) is 0.368. The second-order valence-electron chi connectivity index (χ2n) is 7.34. The minimum absolute atomic E-state index is 0.555. The number of aryl methyl sites for hydroxylation is 1. The Hall–Kier alpha value is -2.40. The Balaban J connectivity index is 1.41. The molecule has 0 unspecified atom stereocenters. The van der Waals surface area contributed by atoms with Gasteiger partial charge in [-0.05, 0) is 48.9 Å². The zero-order chi connectivity index (χ0) is 16.1. The van der Waals surface area contributed by atoms with Crippen molar-refractivity contribution in [1.29, 1.82) is 0 Å². The number of hydrogen-bond donors (Lipinski definition) is 2. The number of imidazole rings is 1. The fourth-order valence-electron chi connectivity index (χ4n) is 4.00. The molecule has 5 rings (SSSR count). The summed E-state index contributed by atoms with van der Waals surface area (Å²) < 4.78 is 2.11. The molecule has 1 aliphatic heterocycles. The van der Waals surface area contributed by atoms with Crippen LogP contribution >= 0.6 is 0 Å². The van der Waals surface area contributed by atoms with Crippen LogP contribution in [0, 0.1) is 12.3 Å². The van der Waals surface area contributed by atoms with E-state index in [-0.39, 0.29) is 0 Å². The van der Waals surface area contributed by atoms with Crippen LogP contribution in [0.2, 0.25) is 0 Å². The molecule has 2 fully saturated rings. The maximum absolute atomic E-state index is 4.82. The van der Waals surface area contributed by atoms with Crippen molar-refractivity contribution < 1.29 is 0 Å². The zero-order valence-corrected chi connectivity index (χ0v) is 13.8. The van der Waals surface area contributed by atoms with Gasteiger partial charge >= 0.3 is 0 Å². The van der Waals surface area contributed by atoms with E-state index in [1.165, 1.54) is 31.5 Å². The number of pyridine rings is 2. The predicted octanol–water partition coefficient (Wildman–Crippen LogP) is 2.87. The Morgan fingerprint density at radius 1 is 1.21 bits per heavy atom. The summed E-state index contributed by atoms with van der Waals surface area (Å²) >= 11 is 0. The lowest BCUT2D eigenvalue weighted by Gasteiger charge is -2.54. The van der Waals surface area contributed by atoms with E-state index in [9.17, 15) is 0 Å². The van der Waals surface area contributed by atoms with Crippen molar-refractivity contribution in [3.8, 4) is 11.4 Å². The standard InChI is InChI=1S/C19H21N5/c1-13-5-6-18-21-9-16(24(18)10-13)15-3-2-4-17(23-15)22-14-7-19(8-14)11-20-12-19/h2-6,9-10,14,20H,7-8,11-12H2,1H3,(H,22,23). The molecule has 1 spiro atoms. The van der Waals surface area contributed by atoms with E-state index in [2.05, 4.69) is 57.4 Å². The highest BCUT2D eigenvalue weighted by Gasteiger charge is 2.48. The third-order valence-electron chi connectivity index (χ3n) is 5.38. The Kier molecular flexibility index (Phi) is 2.94. The molecule has 0 atom stereocenters. The van der Waals surface area contributed by atoms with Crippen molar-refractivity contribution in [3.05, 3.63) is 48.3 Å². The van der Waals surface area contributed by atoms with Gasteiger partial charge in [-0.3, -0.25) is 4.40 Å². The summed E-state index contributed by atoms with van der Waals surface area (Å²) in [4.78, 5) is 9.31. The van der Waals surface area contributed by atoms with E-state index in [1.54, 1.807) is 0 Å². The first-order chi connectivity index (χ1) is 11.7. The van der Waals surface area contributed by atoms with Gasteiger partial charge in [-0.25, -0.2) is 9.97 Å². The van der Waals surface area contributed by atoms with Gasteiger partial charge in [-0.1, -0.05) is 12.1 Å². The van der Waals surface area contributed by atoms with Crippen molar-refractivity contribution >= 4 is 11.5 Å². The lowest BCUT2D eigenvalue weighted by Crippen LogP contribution is -2.63. The molecule has 1 saturated carbocycles. The minimum atomic E-state index is 0.555. The topological polar surface area (TPSA) is 54.2 Å². The third kappa shape index (κ3) is 2.19. The Morgan fingerprint density at radius 2 is 2.08 bits per heavy atom. The number of nitrogens with one attached hydrogen (secondary N) is 2. The third-order valence-corrected chi connectivity index (χ3v) is 5.38. The van der Waals surface area contributed by atoms with Gasteiger partial charge in [0.2, 0.25) is 0 Å². The highest BCUT2D eigenvalue weighted by molar-refractivity contribution is 5.62. The summed E-state index contributed by atoms with van der Waals surface area (Å²) in [6.07, 6.45) is 6.51. The molecule has 0 amide bonds. The molecular formula is C19H21N5. The molecule has 0 aromatic carbocycles. The Bertz CT molecular complexity index is 901. The van der Waals surface area contributed by atoms with Gasteiger partial charge < -0.3 is 10.6 Å². The average molecular weight is 319 g/mol. The van der Waals surface area contributed by atoms with Gasteiger partial charge in [0.05, 0.1) is 17.6 Å². The van der Waals surface area contributed by atoms with Gasteiger partial charge in [0.1, 0.15) is 11.5 Å². The van der Waals surface area contributed by atoms with Crippen LogP contribution in [-0.2, 0) is 0 Å². The molecular weight excluding hydrogens is 298 g/mol. The van der Waals surface area contributed by atoms with Gasteiger partial charge in [0, 0.05) is 25.3 Å². The predicted molar refractivity (Wildman–Crippen MR) is 95.1 cm³/mol. The molecule has 5 nitrogen and oxygen atoms in total. The SMILES string of the molecule is Cc1ccc2ncc(-c3cccc(NC4CC5(CNC5)C4)n3)n2c1. The summed E-state index contributed by atoms with van der Waals surface area (Å²) in [6, 6.07) is 10.9. The van der Waals surface area contributed by atoms with Gasteiger partial charge in [-0.15, -0.1) is 0 Å². The highest BCUT2D eigenvalue weighted by Crippen LogP contribution is 2.45. The van der Waals surface area contributed by atoms with E-state index in [0.29, 0.717) is 11.5 Å². The lowest BCUT2D eigenvalue weighted by atomic mass is 9.62. The number of hydrogen-bond acceptors (Lipinski definition) is 4. The first-order valence-corrected chi connectivity index (χ1v) is 8.59. The normalized spacial score (nSPS) is 19.2. The van der Waals surface area contributed by atoms with Crippen LogP contribution < -0.4 is 10.6 Å². The quantitative estimate of drug-likeness (QED) is 0.779. The van der Waals surface area contributed by atoms with Gasteiger partial charge in [-0.2, -0.15) is 0 Å². The van der Waals surface area contributed by atoms with Crippen molar-refractivity contribution in [3.63, 3.8) is 0 Å². The molecule has 0 radical (unpaired) electrons. The van der Waals surface area contributed by atoms with Crippen LogP contribution in [0.3, 0.4) is 0 Å². The van der Waals surface area contributed by atoms with Crippen LogP contribution in [0.5, 0.6) is 0 Å². The monoisotopic (exact) mass is 319 g/mol. The maximum Gasteiger partial charge on any atom is 0.137 e. The van der Waals surface area contributed by atoms with Gasteiger partial charge in [0.25, 0.3) is 0 Å². The van der Waals surface area contributed by atoms with E-state index in [1.807, 2.05) is 12.3 Å². The molecule has 2 aliphatic rings. The minimum Gasteiger partial charge on any atom is -0.367 e. The first kappa shape index (κ1) is 14.0. The second kappa shape index (κ2) is 5.05. The molecule has 3 aromatic heterocycles. The van der Waals surface area contributed by atoms with E-state index in [0.717, 1.165) is 22.9 Å². The Morgan fingerprint density at radius 3 is 2.88 bits per heavy atom. The fourth-order valence-corrected chi connectivity index (χ4v) is 4.00. The van der Waals surface area contributed by atoms with Crippen LogP contribution in [0.15, 0.2) is 42.7 Å². The van der Waals surface area contributed by atoms with E-state index >= 15 is 0 Å². The number of aromatic nitrogens is 3. The molecule has 24 heavy (non-hydrogen) atoms. The van der Waals surface area contributed by atoms with Crippen LogP contribution in [0.25, 0.3) is 17.0 Å². The molecule has 2 N–H and O–H groups in total. The lowest BCUT2D eigenvalue weighted by molar-refractivity contribution is 0.0469. The van der Waals surface area contributed by atoms with Gasteiger partial charge in [0.15, 0.2) is 0 Å². The number of rotatable bonds is 3. The highest BCUT2D eigenvalue weighted by atomic mass is 15.1. The second-order valence-corrected chi connectivity index (χ2v) is 7.34. The first-order valence-electron chi connectivity index (χ1n) is 8.59. The Labute approximate surface area is 141 Å². The van der Waals surface area contributed by atoms with E-state index < -0.39 is 0 Å². The number of anilines is 1. The van der Waals surface area contributed by atoms with Crippen LogP contribution in [-0.4, -0.2) is 33.5 Å². The average Bonchev–Trinajstić information content (AvgIpc) is 2.92. The van der Waals surface area contributed by atoms with Crippen LogP contribution in [0.1, 0.15) is 18.4 Å². The largest absolute Gasteiger partial charge is 0.367 e. The summed E-state index contributed by atoms with van der Waals surface area (Å²) in [5.74, 6) is 0.960. The summed E-state index contributed by atoms with van der Waals surface area (Å²) in [5.41, 5.74) is 4.73. The molecule has 0 bridgehead atoms. The van der Waals surface area contributed by atoms with E-state index in [4.69, 9.17) is 4.98 Å². The zero-order valence-electron chi connectivity index (χ0n) is 13.8. The van der Waals surface area contributed by atoms with Crippen molar-refractivity contribution in [2.24, 2.45) is 5.41 Å². The molecule has 122 valence electrons. The van der Waals surface area contributed by atoms with Crippen LogP contribution in [0.4, 0.5) is 5.82 Å². The number of nitrogens with zero attached hydrogens (tertiary/aromatic N) is 3. The molecule has 4 heterocycles. The summed E-state index contributed by atoms with van der Waals surface area (Å²) in [7, 11) is 0. The van der Waals surface area contributed by atoms with Crippen molar-refractivity contribution in [2.75, 3.05) is 18.4 Å².